The highest BCUT2D eigenvalue weighted by Gasteiger charge is 2.09. The smallest absolute Gasteiger partial charge is 0.406 e. The fourth-order valence-electron chi connectivity index (χ4n) is 0.741. The number of hydrogen-bond donors (Lipinski definition) is 1. The van der Waals surface area contributed by atoms with Crippen molar-refractivity contribution in [1.29, 1.82) is 0 Å². The lowest BCUT2D eigenvalue weighted by Crippen LogP contribution is -3.00. The van der Waals surface area contributed by atoms with Crippen LogP contribution in [0.5, 0.6) is 0 Å². The number of quaternary nitrogens is 1. The van der Waals surface area contributed by atoms with E-state index in [1.165, 1.54) is 0 Å². The molecule has 0 fully saturated rings. The highest BCUT2D eigenvalue weighted by Crippen LogP contribution is 1.95. The minimum atomic E-state index is -0.949. The van der Waals surface area contributed by atoms with Gasteiger partial charge in [0.1, 0.15) is 0 Å². The average molecular weight is 223 g/mol. The molecule has 0 saturated carbocycles. The number of aliphatic hydroxyl groups excluding tert-OH is 1. The molecule has 6 heteroatoms. The molecule has 0 aliphatic carbocycles. The molecule has 0 atom stereocenters. The molecule has 0 bridgehead atoms. The molecule has 0 aromatic heterocycles. The van der Waals surface area contributed by atoms with Gasteiger partial charge in [-0.3, -0.25) is 4.89 Å². The molecule has 90 valence electrons. The van der Waals surface area contributed by atoms with Crippen LogP contribution in [0.1, 0.15) is 6.42 Å². The Morgan fingerprint density at radius 2 is 1.93 bits per heavy atom. The Morgan fingerprint density at radius 3 is 2.33 bits per heavy atom. The van der Waals surface area contributed by atoms with Crippen molar-refractivity contribution in [3.05, 3.63) is 12.3 Å². The van der Waals surface area contributed by atoms with Crippen molar-refractivity contribution >= 4 is 5.97 Å². The van der Waals surface area contributed by atoms with E-state index in [2.05, 4.69) is 37.5 Å². The molecule has 0 aromatic carbocycles. The fraction of sp³-hybridized carbons (Fsp3) is 0.667. The Hall–Kier alpha value is -1.14. The van der Waals surface area contributed by atoms with Gasteiger partial charge in [-0.2, -0.15) is 4.89 Å². The van der Waals surface area contributed by atoms with Crippen LogP contribution in [0.2, 0.25) is 0 Å². The summed E-state index contributed by atoms with van der Waals surface area (Å²) < 4.78 is 0.823. The molecule has 0 radical (unpaired) electrons. The number of rotatable bonds is 6. The molecule has 0 rings (SSSR count). The maximum absolute atomic E-state index is 10.6. The lowest BCUT2D eigenvalue weighted by Gasteiger charge is -2.23. The second kappa shape index (κ2) is 7.19. The van der Waals surface area contributed by atoms with E-state index in [4.69, 9.17) is 5.11 Å². The molecule has 0 saturated heterocycles. The van der Waals surface area contributed by atoms with E-state index in [0.29, 0.717) is 6.61 Å². The Kier molecular flexibility index (Phi) is 7.81. The van der Waals surface area contributed by atoms with Crippen LogP contribution in [0.3, 0.4) is 0 Å². The van der Waals surface area contributed by atoms with E-state index in [-0.39, 0.29) is 4.70 Å². The molecule has 5 nitrogen and oxygen atoms in total. The zero-order chi connectivity index (χ0) is 11.2. The number of halogens is 1. The first kappa shape index (κ1) is 16.3. The summed E-state index contributed by atoms with van der Waals surface area (Å²) in [6, 6.07) is 0. The summed E-state index contributed by atoms with van der Waals surface area (Å²) in [7, 11) is 6.17. The lowest BCUT2D eigenvalue weighted by atomic mass is 10.4. The second-order valence-electron chi connectivity index (χ2n) is 4.01. The van der Waals surface area contributed by atoms with Gasteiger partial charge in [0.2, 0.25) is 0 Å². The van der Waals surface area contributed by atoms with Crippen molar-refractivity contribution in [2.24, 2.45) is 0 Å². The second-order valence-corrected chi connectivity index (χ2v) is 4.01. The van der Waals surface area contributed by atoms with E-state index in [0.717, 1.165) is 17.4 Å². The third kappa shape index (κ3) is 10.8. The van der Waals surface area contributed by atoms with Gasteiger partial charge in [0.25, 0.3) is 0 Å². The van der Waals surface area contributed by atoms with Crippen molar-refractivity contribution in [2.45, 2.75) is 6.42 Å². The molecule has 15 heavy (non-hydrogen) atoms. The van der Waals surface area contributed by atoms with Crippen molar-refractivity contribution in [2.75, 3.05) is 34.3 Å². The third-order valence-corrected chi connectivity index (χ3v) is 1.43. The van der Waals surface area contributed by atoms with Gasteiger partial charge in [0, 0.05) is 6.42 Å². The number of hydrogen-bond acceptors (Lipinski definition) is 4. The molecule has 1 N–H and O–H groups in total. The van der Waals surface area contributed by atoms with Crippen LogP contribution in [0.15, 0.2) is 12.3 Å². The normalized spacial score (nSPS) is 10.3. The van der Waals surface area contributed by atoms with Crippen LogP contribution in [0.25, 0.3) is 0 Å². The minimum absolute atomic E-state index is 0. The fourth-order valence-corrected chi connectivity index (χ4v) is 0.741. The van der Waals surface area contributed by atoms with Crippen molar-refractivity contribution in [3.63, 3.8) is 0 Å². The highest BCUT2D eigenvalue weighted by atomic mass is 19.0. The van der Waals surface area contributed by atoms with E-state index >= 15 is 0 Å². The summed E-state index contributed by atoms with van der Waals surface area (Å²) in [6.07, 6.45) is 0.773. The van der Waals surface area contributed by atoms with Gasteiger partial charge in [-0.1, -0.05) is 0 Å². The number of aliphatic hydroxyl groups is 1. The molecule has 0 spiro atoms. The predicted octanol–water partition coefficient (Wildman–Crippen LogP) is -2.37. The number of nitrogens with zero attached hydrogens (tertiary/aromatic N) is 1. The van der Waals surface area contributed by atoms with Gasteiger partial charge < -0.3 is 14.3 Å². The first-order valence-electron chi connectivity index (χ1n) is 4.35. The topological polar surface area (TPSA) is 55.8 Å². The van der Waals surface area contributed by atoms with Crippen LogP contribution in [-0.4, -0.2) is 49.9 Å². The van der Waals surface area contributed by atoms with Crippen molar-refractivity contribution in [1.82, 2.24) is 0 Å². The SMILES string of the molecule is C=C(O)C(=O)OOCCC[N+](C)(C)C.[F-]. The minimum Gasteiger partial charge on any atom is -1.00 e. The first-order chi connectivity index (χ1) is 6.33. The number of carbonyl (C=O) groups excluding carboxylic acids is 1. The zero-order valence-electron chi connectivity index (χ0n) is 9.33. The van der Waals surface area contributed by atoms with Crippen LogP contribution in [-0.2, 0) is 14.6 Å². The Balaban J connectivity index is 0. The van der Waals surface area contributed by atoms with E-state index in [9.17, 15) is 4.79 Å². The lowest BCUT2D eigenvalue weighted by molar-refractivity contribution is -0.870. The highest BCUT2D eigenvalue weighted by molar-refractivity contribution is 5.84. The average Bonchev–Trinajstić information content (AvgIpc) is 2.01. The molecule has 0 aromatic rings. The Morgan fingerprint density at radius 1 is 1.40 bits per heavy atom. The maximum atomic E-state index is 10.6. The van der Waals surface area contributed by atoms with Crippen LogP contribution < -0.4 is 4.70 Å². The summed E-state index contributed by atoms with van der Waals surface area (Å²) >= 11 is 0. The Labute approximate surface area is 88.8 Å². The third-order valence-electron chi connectivity index (χ3n) is 1.43. The van der Waals surface area contributed by atoms with E-state index in [1.807, 2.05) is 0 Å². The molecule has 0 aliphatic heterocycles. The summed E-state index contributed by atoms with van der Waals surface area (Å²) in [4.78, 5) is 19.4. The van der Waals surface area contributed by atoms with Crippen LogP contribution >= 0.6 is 0 Å². The van der Waals surface area contributed by atoms with Gasteiger partial charge in [0.05, 0.1) is 34.3 Å². The summed E-state index contributed by atoms with van der Waals surface area (Å²) in [5.74, 6) is -1.60. The summed E-state index contributed by atoms with van der Waals surface area (Å²) in [6.45, 7) is 4.22. The first-order valence-corrected chi connectivity index (χ1v) is 4.35. The van der Waals surface area contributed by atoms with Gasteiger partial charge in [-0.15, -0.1) is 0 Å². The Bertz CT molecular complexity index is 213. The maximum Gasteiger partial charge on any atom is 0.406 e. The monoisotopic (exact) mass is 223 g/mol. The standard InChI is InChI=1S/C9H17NO4.FH/c1-8(11)9(12)14-13-7-5-6-10(2,3)4;/h1,5-7H2,2-4H3;1H. The quantitative estimate of drug-likeness (QED) is 0.137. The van der Waals surface area contributed by atoms with Crippen molar-refractivity contribution < 1.29 is 28.9 Å². The van der Waals surface area contributed by atoms with Crippen molar-refractivity contribution in [3.8, 4) is 0 Å². The summed E-state index contributed by atoms with van der Waals surface area (Å²) in [5, 5.41) is 8.55. The van der Waals surface area contributed by atoms with Gasteiger partial charge in [0.15, 0.2) is 5.76 Å². The molecule has 0 amide bonds. The molecule has 0 unspecified atom stereocenters. The summed E-state index contributed by atoms with van der Waals surface area (Å²) in [5.41, 5.74) is 0. The van der Waals surface area contributed by atoms with Crippen LogP contribution in [0.4, 0.5) is 0 Å². The zero-order valence-corrected chi connectivity index (χ0v) is 9.33. The van der Waals surface area contributed by atoms with E-state index in [1.54, 1.807) is 0 Å². The van der Waals surface area contributed by atoms with Gasteiger partial charge >= 0.3 is 5.97 Å². The largest absolute Gasteiger partial charge is 1.00 e. The van der Waals surface area contributed by atoms with Gasteiger partial charge in [-0.05, 0) is 6.58 Å². The molecular weight excluding hydrogens is 205 g/mol. The van der Waals surface area contributed by atoms with Gasteiger partial charge in [-0.25, -0.2) is 4.79 Å². The van der Waals surface area contributed by atoms with Crippen LogP contribution in [0, 0.1) is 0 Å². The molecule has 0 heterocycles. The van der Waals surface area contributed by atoms with E-state index < -0.39 is 11.7 Å². The predicted molar refractivity (Wildman–Crippen MR) is 51.3 cm³/mol. The number of carbonyl (C=O) groups is 1. The molecular formula is C9H18FNO4. The molecule has 0 aliphatic rings.